The van der Waals surface area contributed by atoms with E-state index in [0.29, 0.717) is 0 Å². The number of aryl methyl sites for hydroxylation is 3. The molecule has 1 aromatic carbocycles. The summed E-state index contributed by atoms with van der Waals surface area (Å²) in [7, 11) is 0. The Bertz CT molecular complexity index is 439. The standard InChI is InChI=1S/C18H29N/c1-5-6-16-7-9-18(19,10-8-16)17-12-14(3)13(2)11-15(17)4/h11-12,16H,5-10,19H2,1-4H3. The number of hydrogen-bond donors (Lipinski definition) is 1. The van der Waals surface area contributed by atoms with Crippen molar-refractivity contribution in [2.24, 2.45) is 11.7 Å². The highest BCUT2D eigenvalue weighted by Gasteiger charge is 2.34. The van der Waals surface area contributed by atoms with Crippen LogP contribution in [0.3, 0.4) is 0 Å². The van der Waals surface area contributed by atoms with E-state index in [2.05, 4.69) is 39.8 Å². The lowest BCUT2D eigenvalue weighted by molar-refractivity contribution is 0.225. The molecule has 0 saturated heterocycles. The van der Waals surface area contributed by atoms with Gasteiger partial charge in [-0.05, 0) is 74.6 Å². The van der Waals surface area contributed by atoms with E-state index in [4.69, 9.17) is 5.73 Å². The van der Waals surface area contributed by atoms with Gasteiger partial charge in [-0.1, -0.05) is 31.9 Å². The van der Waals surface area contributed by atoms with E-state index < -0.39 is 0 Å². The molecule has 0 aromatic heterocycles. The quantitative estimate of drug-likeness (QED) is 0.832. The maximum Gasteiger partial charge on any atom is 0.0412 e. The summed E-state index contributed by atoms with van der Waals surface area (Å²) in [5.74, 6) is 0.911. The molecule has 1 aliphatic rings. The van der Waals surface area contributed by atoms with Gasteiger partial charge >= 0.3 is 0 Å². The van der Waals surface area contributed by atoms with Crippen LogP contribution < -0.4 is 5.73 Å². The summed E-state index contributed by atoms with van der Waals surface area (Å²) >= 11 is 0. The molecule has 0 amide bonds. The molecule has 1 aromatic rings. The van der Waals surface area contributed by atoms with Crippen LogP contribution in [0.4, 0.5) is 0 Å². The fourth-order valence-electron chi connectivity index (χ4n) is 3.66. The zero-order valence-corrected chi connectivity index (χ0v) is 13.1. The Balaban J connectivity index is 2.20. The smallest absolute Gasteiger partial charge is 0.0412 e. The van der Waals surface area contributed by atoms with Crippen LogP contribution in [-0.2, 0) is 5.54 Å². The minimum atomic E-state index is -0.0766. The summed E-state index contributed by atoms with van der Waals surface area (Å²) in [6.45, 7) is 8.89. The Labute approximate surface area is 118 Å². The molecule has 1 nitrogen and oxygen atoms in total. The normalized spacial score (nSPS) is 27.5. The summed E-state index contributed by atoms with van der Waals surface area (Å²) in [4.78, 5) is 0. The van der Waals surface area contributed by atoms with Crippen LogP contribution >= 0.6 is 0 Å². The van der Waals surface area contributed by atoms with Gasteiger partial charge in [0.05, 0.1) is 0 Å². The Morgan fingerprint density at radius 3 is 2.21 bits per heavy atom. The molecular weight excluding hydrogens is 230 g/mol. The average Bonchev–Trinajstić information content (AvgIpc) is 2.37. The van der Waals surface area contributed by atoms with Gasteiger partial charge in [0.1, 0.15) is 0 Å². The van der Waals surface area contributed by atoms with Crippen molar-refractivity contribution in [3.05, 3.63) is 34.4 Å². The lowest BCUT2D eigenvalue weighted by atomic mass is 9.71. The highest BCUT2D eigenvalue weighted by Crippen LogP contribution is 2.40. The van der Waals surface area contributed by atoms with E-state index >= 15 is 0 Å². The van der Waals surface area contributed by atoms with Crippen LogP contribution in [0.5, 0.6) is 0 Å². The molecule has 0 atom stereocenters. The van der Waals surface area contributed by atoms with Crippen LogP contribution in [0.1, 0.15) is 67.7 Å². The zero-order valence-electron chi connectivity index (χ0n) is 13.1. The van der Waals surface area contributed by atoms with Gasteiger partial charge in [-0.25, -0.2) is 0 Å². The van der Waals surface area contributed by atoms with E-state index in [1.54, 1.807) is 0 Å². The molecule has 1 fully saturated rings. The molecule has 1 saturated carbocycles. The Morgan fingerprint density at radius 2 is 1.63 bits per heavy atom. The number of nitrogens with two attached hydrogens (primary N) is 1. The summed E-state index contributed by atoms with van der Waals surface area (Å²) in [6, 6.07) is 4.64. The van der Waals surface area contributed by atoms with Gasteiger partial charge in [0.2, 0.25) is 0 Å². The third kappa shape index (κ3) is 3.02. The lowest BCUT2D eigenvalue weighted by Crippen LogP contribution is -2.41. The molecule has 1 aliphatic carbocycles. The Hall–Kier alpha value is -0.820. The monoisotopic (exact) mass is 259 g/mol. The fraction of sp³-hybridized carbons (Fsp3) is 0.667. The first-order valence-electron chi connectivity index (χ1n) is 7.83. The molecule has 0 spiro atoms. The van der Waals surface area contributed by atoms with E-state index in [0.717, 1.165) is 18.8 Å². The molecule has 106 valence electrons. The molecule has 0 radical (unpaired) electrons. The second-order valence-electron chi connectivity index (χ2n) is 6.64. The maximum absolute atomic E-state index is 6.76. The van der Waals surface area contributed by atoms with Gasteiger partial charge in [-0.2, -0.15) is 0 Å². The van der Waals surface area contributed by atoms with Gasteiger partial charge in [0, 0.05) is 5.54 Å². The summed E-state index contributed by atoms with van der Waals surface area (Å²) in [6.07, 6.45) is 7.60. The van der Waals surface area contributed by atoms with Crippen LogP contribution in [0, 0.1) is 26.7 Å². The van der Waals surface area contributed by atoms with Crippen LogP contribution in [0.2, 0.25) is 0 Å². The van der Waals surface area contributed by atoms with Crippen LogP contribution in [0.15, 0.2) is 12.1 Å². The molecule has 2 N–H and O–H groups in total. The van der Waals surface area contributed by atoms with E-state index in [-0.39, 0.29) is 5.54 Å². The van der Waals surface area contributed by atoms with Crippen molar-refractivity contribution in [3.8, 4) is 0 Å². The zero-order chi connectivity index (χ0) is 14.0. The number of benzene rings is 1. The molecule has 0 heterocycles. The van der Waals surface area contributed by atoms with Gasteiger partial charge in [-0.15, -0.1) is 0 Å². The maximum atomic E-state index is 6.76. The molecule has 1 heteroatoms. The predicted molar refractivity (Wildman–Crippen MR) is 83.4 cm³/mol. The van der Waals surface area contributed by atoms with Crippen molar-refractivity contribution in [2.75, 3.05) is 0 Å². The topological polar surface area (TPSA) is 26.0 Å². The third-order valence-corrected chi connectivity index (χ3v) is 5.07. The van der Waals surface area contributed by atoms with E-state index in [1.807, 2.05) is 0 Å². The van der Waals surface area contributed by atoms with Crippen LogP contribution in [-0.4, -0.2) is 0 Å². The molecular formula is C18H29N. The minimum absolute atomic E-state index is 0.0766. The number of hydrogen-bond acceptors (Lipinski definition) is 1. The first-order valence-corrected chi connectivity index (χ1v) is 7.83. The highest BCUT2D eigenvalue weighted by atomic mass is 14.7. The molecule has 0 bridgehead atoms. The molecule has 19 heavy (non-hydrogen) atoms. The highest BCUT2D eigenvalue weighted by molar-refractivity contribution is 5.40. The predicted octanol–water partition coefficient (Wildman–Crippen LogP) is 4.76. The Morgan fingerprint density at radius 1 is 1.05 bits per heavy atom. The lowest BCUT2D eigenvalue weighted by Gasteiger charge is -2.39. The molecule has 2 rings (SSSR count). The van der Waals surface area contributed by atoms with Gasteiger partial charge in [0.15, 0.2) is 0 Å². The fourth-order valence-corrected chi connectivity index (χ4v) is 3.66. The second-order valence-corrected chi connectivity index (χ2v) is 6.64. The van der Waals surface area contributed by atoms with E-state index in [9.17, 15) is 0 Å². The van der Waals surface area contributed by atoms with Crippen molar-refractivity contribution >= 4 is 0 Å². The van der Waals surface area contributed by atoms with Gasteiger partial charge in [0.25, 0.3) is 0 Å². The first-order chi connectivity index (χ1) is 8.96. The molecule has 0 unspecified atom stereocenters. The largest absolute Gasteiger partial charge is 0.321 e. The van der Waals surface area contributed by atoms with Crippen molar-refractivity contribution < 1.29 is 0 Å². The van der Waals surface area contributed by atoms with Gasteiger partial charge < -0.3 is 5.73 Å². The SMILES string of the molecule is CCCC1CCC(N)(c2cc(C)c(C)cc2C)CC1. The number of rotatable bonds is 3. The second kappa shape index (κ2) is 5.66. The first kappa shape index (κ1) is 14.6. The molecule has 0 aliphatic heterocycles. The third-order valence-electron chi connectivity index (χ3n) is 5.07. The summed E-state index contributed by atoms with van der Waals surface area (Å²) in [5, 5.41) is 0. The average molecular weight is 259 g/mol. The van der Waals surface area contributed by atoms with Gasteiger partial charge in [-0.3, -0.25) is 0 Å². The van der Waals surface area contributed by atoms with Crippen molar-refractivity contribution in [1.82, 2.24) is 0 Å². The van der Waals surface area contributed by atoms with Crippen molar-refractivity contribution in [1.29, 1.82) is 0 Å². The van der Waals surface area contributed by atoms with Crippen molar-refractivity contribution in [2.45, 2.75) is 71.8 Å². The minimum Gasteiger partial charge on any atom is -0.321 e. The van der Waals surface area contributed by atoms with Crippen LogP contribution in [0.25, 0.3) is 0 Å². The van der Waals surface area contributed by atoms with Crippen molar-refractivity contribution in [3.63, 3.8) is 0 Å². The van der Waals surface area contributed by atoms with E-state index in [1.165, 1.54) is 47.9 Å². The summed E-state index contributed by atoms with van der Waals surface area (Å²) in [5.41, 5.74) is 12.2. The summed E-state index contributed by atoms with van der Waals surface area (Å²) < 4.78 is 0. The Kier molecular flexibility index (Phi) is 4.35.